The lowest BCUT2D eigenvalue weighted by Gasteiger charge is -2.21. The van der Waals surface area contributed by atoms with Crippen molar-refractivity contribution in [2.75, 3.05) is 33.2 Å². The molecule has 0 aromatic rings. The maximum absolute atomic E-state index is 12.1. The van der Waals surface area contributed by atoms with E-state index in [1.54, 1.807) is 7.05 Å². The van der Waals surface area contributed by atoms with Crippen molar-refractivity contribution in [1.29, 1.82) is 0 Å². The molecule has 2 atom stereocenters. The van der Waals surface area contributed by atoms with Gasteiger partial charge in [0.15, 0.2) is 0 Å². The first-order valence-corrected chi connectivity index (χ1v) is 9.33. The zero-order valence-corrected chi connectivity index (χ0v) is 14.0. The van der Waals surface area contributed by atoms with Crippen molar-refractivity contribution in [3.63, 3.8) is 0 Å². The van der Waals surface area contributed by atoms with Gasteiger partial charge in [-0.3, -0.25) is 0 Å². The third-order valence-corrected chi connectivity index (χ3v) is 5.77. The average molecular weight is 305 g/mol. The first-order chi connectivity index (χ1) is 9.47. The zero-order chi connectivity index (χ0) is 15.0. The molecule has 0 saturated heterocycles. The summed E-state index contributed by atoms with van der Waals surface area (Å²) in [6.45, 7) is 7.35. The van der Waals surface area contributed by atoms with E-state index in [9.17, 15) is 8.42 Å². The number of nitrogens with one attached hydrogen (secondary N) is 2. The van der Waals surface area contributed by atoms with E-state index in [1.165, 1.54) is 17.1 Å². The van der Waals surface area contributed by atoms with Crippen molar-refractivity contribution in [3.05, 3.63) is 0 Å². The highest BCUT2D eigenvalue weighted by atomic mass is 32.2. The number of rotatable bonds is 10. The summed E-state index contributed by atoms with van der Waals surface area (Å²) in [7, 11) is -1.66. The minimum Gasteiger partial charge on any atom is -0.317 e. The van der Waals surface area contributed by atoms with E-state index in [1.807, 2.05) is 0 Å². The molecule has 1 fully saturated rings. The van der Waals surface area contributed by atoms with E-state index in [4.69, 9.17) is 0 Å². The topological polar surface area (TPSA) is 61.4 Å². The molecule has 1 aliphatic rings. The molecule has 0 aliphatic heterocycles. The van der Waals surface area contributed by atoms with E-state index >= 15 is 0 Å². The van der Waals surface area contributed by atoms with E-state index in [2.05, 4.69) is 23.9 Å². The molecule has 0 aromatic heterocycles. The van der Waals surface area contributed by atoms with Gasteiger partial charge in [0.1, 0.15) is 0 Å². The Labute approximate surface area is 124 Å². The van der Waals surface area contributed by atoms with Crippen LogP contribution in [0.3, 0.4) is 0 Å². The van der Waals surface area contributed by atoms with Gasteiger partial charge < -0.3 is 5.32 Å². The summed E-state index contributed by atoms with van der Waals surface area (Å²) >= 11 is 0. The monoisotopic (exact) mass is 305 g/mol. The van der Waals surface area contributed by atoms with Crippen LogP contribution in [0.25, 0.3) is 0 Å². The second-order valence-electron chi connectivity index (χ2n) is 5.95. The van der Waals surface area contributed by atoms with Crippen LogP contribution in [0.5, 0.6) is 0 Å². The van der Waals surface area contributed by atoms with Crippen LogP contribution < -0.4 is 10.0 Å². The van der Waals surface area contributed by atoms with Crippen LogP contribution in [0.2, 0.25) is 0 Å². The Bertz CT molecular complexity index is 359. The van der Waals surface area contributed by atoms with Gasteiger partial charge in [-0.25, -0.2) is 4.72 Å². The van der Waals surface area contributed by atoms with Crippen LogP contribution in [0, 0.1) is 11.8 Å². The fraction of sp³-hybridized carbons (Fsp3) is 1.00. The maximum atomic E-state index is 12.1. The van der Waals surface area contributed by atoms with Crippen LogP contribution in [0.15, 0.2) is 0 Å². The summed E-state index contributed by atoms with van der Waals surface area (Å²) in [5.74, 6) is 1.14. The maximum Gasteiger partial charge on any atom is 0.279 e. The standard InChI is InChI=1S/C14H31N3O2S/c1-4-9-15-10-6-11-17(3)20(18,19)16-12-14-8-5-7-13(14)2/h13-16H,4-12H2,1-3H3. The molecule has 1 aliphatic carbocycles. The Kier molecular flexibility index (Phi) is 8.02. The second kappa shape index (κ2) is 8.97. The minimum absolute atomic E-state index is 0.504. The van der Waals surface area contributed by atoms with Crippen LogP contribution >= 0.6 is 0 Å². The Balaban J connectivity index is 2.24. The molecule has 2 unspecified atom stereocenters. The fourth-order valence-electron chi connectivity index (χ4n) is 2.70. The summed E-state index contributed by atoms with van der Waals surface area (Å²) in [5.41, 5.74) is 0. The molecule has 0 spiro atoms. The van der Waals surface area contributed by atoms with E-state index in [0.717, 1.165) is 32.4 Å². The van der Waals surface area contributed by atoms with Crippen LogP contribution in [0.1, 0.15) is 46.0 Å². The lowest BCUT2D eigenvalue weighted by Crippen LogP contribution is -2.41. The summed E-state index contributed by atoms with van der Waals surface area (Å²) in [6.07, 6.45) is 5.55. The lowest BCUT2D eigenvalue weighted by molar-refractivity contribution is 0.398. The van der Waals surface area contributed by atoms with E-state index in [-0.39, 0.29) is 0 Å². The predicted molar refractivity (Wildman–Crippen MR) is 83.8 cm³/mol. The molecular weight excluding hydrogens is 274 g/mol. The van der Waals surface area contributed by atoms with Gasteiger partial charge in [0.2, 0.25) is 0 Å². The van der Waals surface area contributed by atoms with E-state index < -0.39 is 10.2 Å². The van der Waals surface area contributed by atoms with Crippen LogP contribution in [0.4, 0.5) is 0 Å². The van der Waals surface area contributed by atoms with Crippen molar-refractivity contribution < 1.29 is 8.42 Å². The van der Waals surface area contributed by atoms with Gasteiger partial charge in [-0.2, -0.15) is 12.7 Å². The Hall–Kier alpha value is -0.170. The number of nitrogens with zero attached hydrogens (tertiary/aromatic N) is 1. The molecule has 0 bridgehead atoms. The first kappa shape index (κ1) is 17.9. The Morgan fingerprint density at radius 2 is 2.00 bits per heavy atom. The zero-order valence-electron chi connectivity index (χ0n) is 13.2. The number of hydrogen-bond acceptors (Lipinski definition) is 3. The van der Waals surface area contributed by atoms with Gasteiger partial charge in [-0.15, -0.1) is 0 Å². The molecule has 1 rings (SSSR count). The first-order valence-electron chi connectivity index (χ1n) is 7.89. The quantitative estimate of drug-likeness (QED) is 0.602. The molecule has 0 aromatic carbocycles. The third kappa shape index (κ3) is 6.08. The molecule has 120 valence electrons. The summed E-state index contributed by atoms with van der Waals surface area (Å²) in [4.78, 5) is 0. The van der Waals surface area contributed by atoms with Crippen LogP contribution in [-0.4, -0.2) is 45.9 Å². The van der Waals surface area contributed by atoms with Gasteiger partial charge in [0, 0.05) is 20.1 Å². The minimum atomic E-state index is -3.31. The SMILES string of the molecule is CCCNCCCN(C)S(=O)(=O)NCC1CCCC1C. The van der Waals surface area contributed by atoms with Gasteiger partial charge in [0.05, 0.1) is 0 Å². The molecule has 6 heteroatoms. The highest BCUT2D eigenvalue weighted by Gasteiger charge is 2.25. The summed E-state index contributed by atoms with van der Waals surface area (Å²) < 4.78 is 28.4. The van der Waals surface area contributed by atoms with Crippen molar-refractivity contribution in [2.45, 2.75) is 46.0 Å². The molecule has 20 heavy (non-hydrogen) atoms. The third-order valence-electron chi connectivity index (χ3n) is 4.23. The smallest absolute Gasteiger partial charge is 0.279 e. The van der Waals surface area contributed by atoms with Gasteiger partial charge >= 0.3 is 0 Å². The van der Waals surface area contributed by atoms with Gasteiger partial charge in [-0.05, 0) is 44.2 Å². The highest BCUT2D eigenvalue weighted by molar-refractivity contribution is 7.87. The van der Waals surface area contributed by atoms with Gasteiger partial charge in [0.25, 0.3) is 10.2 Å². The van der Waals surface area contributed by atoms with Crippen molar-refractivity contribution in [2.24, 2.45) is 11.8 Å². The molecule has 0 amide bonds. The highest BCUT2D eigenvalue weighted by Crippen LogP contribution is 2.30. The largest absolute Gasteiger partial charge is 0.317 e. The predicted octanol–water partition coefficient (Wildman–Crippen LogP) is 1.58. The molecule has 0 heterocycles. The molecule has 1 saturated carbocycles. The Morgan fingerprint density at radius 3 is 2.60 bits per heavy atom. The molecule has 0 radical (unpaired) electrons. The van der Waals surface area contributed by atoms with Crippen molar-refractivity contribution >= 4 is 10.2 Å². The average Bonchev–Trinajstić information content (AvgIpc) is 2.81. The molecule has 2 N–H and O–H groups in total. The van der Waals surface area contributed by atoms with Gasteiger partial charge in [-0.1, -0.05) is 26.7 Å². The summed E-state index contributed by atoms with van der Waals surface area (Å²) in [5, 5.41) is 3.28. The van der Waals surface area contributed by atoms with Crippen molar-refractivity contribution in [1.82, 2.24) is 14.3 Å². The second-order valence-corrected chi connectivity index (χ2v) is 7.81. The normalized spacial score (nSPS) is 23.6. The summed E-state index contributed by atoms with van der Waals surface area (Å²) in [6, 6.07) is 0. The van der Waals surface area contributed by atoms with Crippen LogP contribution in [-0.2, 0) is 10.2 Å². The fourth-order valence-corrected chi connectivity index (χ4v) is 3.71. The Morgan fingerprint density at radius 1 is 1.25 bits per heavy atom. The van der Waals surface area contributed by atoms with Crippen molar-refractivity contribution in [3.8, 4) is 0 Å². The molecule has 5 nitrogen and oxygen atoms in total. The van der Waals surface area contributed by atoms with E-state index in [0.29, 0.717) is 24.9 Å². The number of hydrogen-bond donors (Lipinski definition) is 2. The lowest BCUT2D eigenvalue weighted by atomic mass is 9.99. The molecular formula is C14H31N3O2S.